The predicted octanol–water partition coefficient (Wildman–Crippen LogP) is 12.8. The van der Waals surface area contributed by atoms with E-state index in [9.17, 15) is 0 Å². The van der Waals surface area contributed by atoms with Crippen molar-refractivity contribution in [1.82, 2.24) is 24.9 Å². The number of hydrogen-bond acceptors (Lipinski definition) is 6. The Morgan fingerprint density at radius 3 is 1.71 bits per heavy atom. The van der Waals surface area contributed by atoms with Crippen molar-refractivity contribution in [1.29, 1.82) is 0 Å². The second-order valence-corrected chi connectivity index (χ2v) is 15.8. The molecule has 5 nitrogen and oxygen atoms in total. The third-order valence-electron chi connectivity index (χ3n) is 10.5. The van der Waals surface area contributed by atoms with Gasteiger partial charge in [0.25, 0.3) is 0 Å². The van der Waals surface area contributed by atoms with Gasteiger partial charge in [-0.2, -0.15) is 0 Å². The molecule has 0 unspecified atom stereocenters. The Hall–Kier alpha value is -5.59. The zero-order valence-electron chi connectivity index (χ0n) is 33.9. The van der Waals surface area contributed by atoms with Crippen LogP contribution >= 0.6 is 11.8 Å². The Labute approximate surface area is 358 Å². The van der Waals surface area contributed by atoms with Gasteiger partial charge in [-0.1, -0.05) is 61.0 Å². The molecule has 10 rings (SSSR count). The number of hydrogen-bond donors (Lipinski definition) is 0. The van der Waals surface area contributed by atoms with Gasteiger partial charge in [0, 0.05) is 45.3 Å². The molecule has 0 aliphatic carbocycles. The standard InChI is InChI=1S/C23H14N3S.2C14H14N.Ir/c1-12-10-18-14(13(2)26-12)5-6-15-16-7-9-24-22-17-4-3-8-25-23(17)27-20(21(16)22)11-19(15)18;2*1-10-4-6-13(7-5-10)14-8-11(2)12(3)9-15-14;/h3,5-11H,1-2H3;2*4-6,8-9H,1-3H3;/q3*-1;+3. The first kappa shape index (κ1) is 40.6. The molecule has 0 radical (unpaired) electrons. The van der Waals surface area contributed by atoms with Crippen molar-refractivity contribution >= 4 is 44.1 Å². The van der Waals surface area contributed by atoms with E-state index < -0.39 is 0 Å². The van der Waals surface area contributed by atoms with Gasteiger partial charge in [0.15, 0.2) is 0 Å². The van der Waals surface area contributed by atoms with Crippen molar-refractivity contribution in [2.75, 3.05) is 0 Å². The number of rotatable bonds is 2. The van der Waals surface area contributed by atoms with Crippen LogP contribution in [0.3, 0.4) is 0 Å². The second kappa shape index (κ2) is 17.1. The Bertz CT molecular complexity index is 2870. The summed E-state index contributed by atoms with van der Waals surface area (Å²) in [6.45, 7) is 16.6. The molecule has 6 heterocycles. The molecular formula is C51H42IrN5S. The van der Waals surface area contributed by atoms with Crippen LogP contribution in [0.15, 0.2) is 120 Å². The van der Waals surface area contributed by atoms with E-state index in [2.05, 4.69) is 165 Å². The number of nitrogens with zero attached hydrogens (tertiary/aromatic N) is 5. The molecule has 0 bridgehead atoms. The van der Waals surface area contributed by atoms with Gasteiger partial charge >= 0.3 is 20.1 Å². The van der Waals surface area contributed by atoms with Gasteiger partial charge < -0.3 is 19.9 Å². The van der Waals surface area contributed by atoms with E-state index in [0.29, 0.717) is 0 Å². The summed E-state index contributed by atoms with van der Waals surface area (Å²) in [7, 11) is 0. The summed E-state index contributed by atoms with van der Waals surface area (Å²) in [5.74, 6) is 0. The van der Waals surface area contributed by atoms with Gasteiger partial charge in [-0.25, -0.2) is 0 Å². The molecule has 0 saturated carbocycles. The first-order valence-electron chi connectivity index (χ1n) is 19.1. The van der Waals surface area contributed by atoms with Crippen LogP contribution < -0.4 is 0 Å². The topological polar surface area (TPSA) is 64.5 Å². The summed E-state index contributed by atoms with van der Waals surface area (Å²) in [4.78, 5) is 23.9. The maximum atomic E-state index is 4.68. The SMILES string of the molecule is Cc1c[c-]c(-c2cc(C)c(C)cn2)cc1.Cc1c[c-]c(-c2cc(C)c(C)cn2)cc1.Cc1cc2c(ccc3c4ccnc5c4c(cc23)Sc2ncc[c-]c2-5)c(C)n1.[Ir+3]. The van der Waals surface area contributed by atoms with Gasteiger partial charge in [0.05, 0.1) is 0 Å². The van der Waals surface area contributed by atoms with Crippen LogP contribution in [0.2, 0.25) is 0 Å². The molecule has 0 saturated heterocycles. The maximum Gasteiger partial charge on any atom is 3.00 e. The monoisotopic (exact) mass is 949 g/mol. The van der Waals surface area contributed by atoms with E-state index in [1.54, 1.807) is 18.0 Å². The molecular weight excluding hydrogens is 907 g/mol. The predicted molar refractivity (Wildman–Crippen MR) is 236 cm³/mol. The minimum absolute atomic E-state index is 0. The molecule has 1 aliphatic heterocycles. The van der Waals surface area contributed by atoms with E-state index in [4.69, 9.17) is 0 Å². The fourth-order valence-electron chi connectivity index (χ4n) is 7.04. The van der Waals surface area contributed by atoms with Crippen LogP contribution in [0.4, 0.5) is 0 Å². The van der Waals surface area contributed by atoms with Gasteiger partial charge in [0.2, 0.25) is 0 Å². The van der Waals surface area contributed by atoms with Crippen molar-refractivity contribution in [3.8, 4) is 33.8 Å². The molecule has 9 aromatic rings. The Morgan fingerprint density at radius 2 is 1.12 bits per heavy atom. The minimum atomic E-state index is 0. The van der Waals surface area contributed by atoms with Crippen LogP contribution in [0.1, 0.15) is 44.8 Å². The van der Waals surface area contributed by atoms with Crippen molar-refractivity contribution < 1.29 is 20.1 Å². The van der Waals surface area contributed by atoms with Crippen molar-refractivity contribution in [3.05, 3.63) is 173 Å². The molecule has 5 aromatic heterocycles. The summed E-state index contributed by atoms with van der Waals surface area (Å²) >= 11 is 1.71. The van der Waals surface area contributed by atoms with E-state index in [1.807, 2.05) is 36.8 Å². The van der Waals surface area contributed by atoms with Gasteiger partial charge in [-0.3, -0.25) is 4.98 Å². The van der Waals surface area contributed by atoms with E-state index in [0.717, 1.165) is 50.2 Å². The molecule has 58 heavy (non-hydrogen) atoms. The number of pyridine rings is 5. The summed E-state index contributed by atoms with van der Waals surface area (Å²) in [6, 6.07) is 39.2. The molecule has 4 aromatic carbocycles. The van der Waals surface area contributed by atoms with Gasteiger partial charge in [-0.15, -0.1) is 94.7 Å². The van der Waals surface area contributed by atoms with Gasteiger partial charge in [-0.05, 0) is 115 Å². The molecule has 7 heteroatoms. The van der Waals surface area contributed by atoms with Crippen LogP contribution in [0.5, 0.6) is 0 Å². The average Bonchev–Trinajstić information content (AvgIpc) is 3.21. The van der Waals surface area contributed by atoms with Crippen molar-refractivity contribution in [2.24, 2.45) is 0 Å². The van der Waals surface area contributed by atoms with Crippen LogP contribution in [-0.4, -0.2) is 24.9 Å². The van der Waals surface area contributed by atoms with Crippen molar-refractivity contribution in [3.63, 3.8) is 0 Å². The number of aryl methyl sites for hydroxylation is 8. The summed E-state index contributed by atoms with van der Waals surface area (Å²) in [5, 5.41) is 8.39. The molecule has 0 N–H and O–H groups in total. The van der Waals surface area contributed by atoms with Gasteiger partial charge in [0.1, 0.15) is 0 Å². The summed E-state index contributed by atoms with van der Waals surface area (Å²) < 4.78 is 0. The van der Waals surface area contributed by atoms with Crippen molar-refractivity contribution in [2.45, 2.75) is 65.3 Å². The van der Waals surface area contributed by atoms with E-state index in [1.165, 1.54) is 70.6 Å². The third-order valence-corrected chi connectivity index (χ3v) is 11.6. The first-order valence-corrected chi connectivity index (χ1v) is 19.9. The minimum Gasteiger partial charge on any atom is -0.345 e. The smallest absolute Gasteiger partial charge is 0.345 e. The maximum absolute atomic E-state index is 4.68. The van der Waals surface area contributed by atoms with Crippen LogP contribution in [-0.2, 0) is 20.1 Å². The van der Waals surface area contributed by atoms with Crippen LogP contribution in [0, 0.1) is 73.6 Å². The Morgan fingerprint density at radius 1 is 0.517 bits per heavy atom. The fourth-order valence-corrected chi connectivity index (χ4v) is 8.11. The zero-order valence-corrected chi connectivity index (χ0v) is 37.1. The molecule has 1 aliphatic rings. The first-order chi connectivity index (χ1) is 27.5. The second-order valence-electron chi connectivity index (χ2n) is 14.8. The number of fused-ring (bicyclic) bond motifs is 6. The average molecular weight is 949 g/mol. The molecule has 0 spiro atoms. The van der Waals surface area contributed by atoms with E-state index in [-0.39, 0.29) is 20.1 Å². The number of aromatic nitrogens is 5. The summed E-state index contributed by atoms with van der Waals surface area (Å²) in [5.41, 5.74) is 15.7. The van der Waals surface area contributed by atoms with Crippen LogP contribution in [0.25, 0.3) is 66.1 Å². The van der Waals surface area contributed by atoms with E-state index >= 15 is 0 Å². The normalized spacial score (nSPS) is 11.2. The Balaban J connectivity index is 0.000000142. The largest absolute Gasteiger partial charge is 3.00 e. The Kier molecular flexibility index (Phi) is 12.0. The summed E-state index contributed by atoms with van der Waals surface area (Å²) in [6.07, 6.45) is 7.53. The molecule has 0 fully saturated rings. The third kappa shape index (κ3) is 8.21. The number of benzene rings is 4. The fraction of sp³-hybridized carbons (Fsp3) is 0.157. The zero-order chi connectivity index (χ0) is 39.8. The molecule has 0 amide bonds. The molecule has 0 atom stereocenters. The molecule has 286 valence electrons. The quantitative estimate of drug-likeness (QED) is 0.127.